The highest BCUT2D eigenvalue weighted by molar-refractivity contribution is 6.30. The summed E-state index contributed by atoms with van der Waals surface area (Å²) in [7, 11) is 1.58. The number of amides is 2. The van der Waals surface area contributed by atoms with E-state index in [1.807, 2.05) is 12.1 Å². The summed E-state index contributed by atoms with van der Waals surface area (Å²) in [5, 5.41) is 3.32. The van der Waals surface area contributed by atoms with Crippen molar-refractivity contribution in [1.82, 2.24) is 4.90 Å². The van der Waals surface area contributed by atoms with Crippen LogP contribution in [-0.2, 0) is 16.0 Å². The van der Waals surface area contributed by atoms with Gasteiger partial charge in [-0.15, -0.1) is 0 Å². The highest BCUT2D eigenvalue weighted by atomic mass is 35.5. The van der Waals surface area contributed by atoms with Crippen LogP contribution in [0.15, 0.2) is 66.7 Å². The molecule has 1 atom stereocenters. The fourth-order valence-electron chi connectivity index (χ4n) is 3.73. The van der Waals surface area contributed by atoms with E-state index in [9.17, 15) is 14.0 Å². The van der Waals surface area contributed by atoms with Gasteiger partial charge in [-0.2, -0.15) is 0 Å². The third kappa shape index (κ3) is 4.54. The van der Waals surface area contributed by atoms with Crippen LogP contribution in [0.5, 0.6) is 5.75 Å². The SMILES string of the molecule is COc1ccc(CC(=O)N2CC(=O)Nc3ccc(Cl)cc3[C@@H]2c2ccc(F)cc2)cc1. The summed E-state index contributed by atoms with van der Waals surface area (Å²) in [6.45, 7) is -0.136. The van der Waals surface area contributed by atoms with Gasteiger partial charge in [-0.3, -0.25) is 9.59 Å². The summed E-state index contributed by atoms with van der Waals surface area (Å²) in [5.41, 5.74) is 2.72. The molecular formula is C24H20ClFN2O3. The monoisotopic (exact) mass is 438 g/mol. The first-order valence-corrected chi connectivity index (χ1v) is 10.1. The first-order chi connectivity index (χ1) is 14.9. The molecule has 1 N–H and O–H groups in total. The first-order valence-electron chi connectivity index (χ1n) is 9.72. The minimum Gasteiger partial charge on any atom is -0.497 e. The highest BCUT2D eigenvalue weighted by Gasteiger charge is 2.33. The number of fused-ring (bicyclic) bond motifs is 1. The summed E-state index contributed by atoms with van der Waals surface area (Å²) in [6.07, 6.45) is 0.102. The molecule has 0 unspecified atom stereocenters. The van der Waals surface area contributed by atoms with E-state index in [0.29, 0.717) is 27.6 Å². The maximum Gasteiger partial charge on any atom is 0.244 e. The Morgan fingerprint density at radius 1 is 1.13 bits per heavy atom. The van der Waals surface area contributed by atoms with Crippen molar-refractivity contribution in [2.75, 3.05) is 19.0 Å². The van der Waals surface area contributed by atoms with E-state index < -0.39 is 6.04 Å². The molecule has 1 aliphatic rings. The van der Waals surface area contributed by atoms with Crippen LogP contribution in [-0.4, -0.2) is 30.4 Å². The fourth-order valence-corrected chi connectivity index (χ4v) is 3.91. The molecule has 1 heterocycles. The van der Waals surface area contributed by atoms with Crippen molar-refractivity contribution in [1.29, 1.82) is 0 Å². The Morgan fingerprint density at radius 2 is 1.84 bits per heavy atom. The van der Waals surface area contributed by atoms with Crippen molar-refractivity contribution in [3.63, 3.8) is 0 Å². The molecule has 0 radical (unpaired) electrons. The van der Waals surface area contributed by atoms with E-state index in [1.165, 1.54) is 17.0 Å². The number of carbonyl (C=O) groups is 2. The minimum atomic E-state index is -0.598. The third-order valence-electron chi connectivity index (χ3n) is 5.23. The highest BCUT2D eigenvalue weighted by Crippen LogP contribution is 2.37. The number of hydrogen-bond donors (Lipinski definition) is 1. The molecule has 158 valence electrons. The second-order valence-electron chi connectivity index (χ2n) is 7.28. The number of ether oxygens (including phenoxy) is 1. The molecule has 0 bridgehead atoms. The van der Waals surface area contributed by atoms with E-state index >= 15 is 0 Å². The lowest BCUT2D eigenvalue weighted by atomic mass is 9.95. The number of methoxy groups -OCH3 is 1. The lowest BCUT2D eigenvalue weighted by Gasteiger charge is -2.31. The Kier molecular flexibility index (Phi) is 5.91. The van der Waals surface area contributed by atoms with Crippen LogP contribution in [0.4, 0.5) is 10.1 Å². The van der Waals surface area contributed by atoms with Crippen molar-refractivity contribution in [2.24, 2.45) is 0 Å². The molecule has 2 amide bonds. The summed E-state index contributed by atoms with van der Waals surface area (Å²) in [6, 6.07) is 17.6. The van der Waals surface area contributed by atoms with Gasteiger partial charge >= 0.3 is 0 Å². The average Bonchev–Trinajstić information content (AvgIpc) is 2.90. The van der Waals surface area contributed by atoms with Crippen LogP contribution in [0, 0.1) is 5.82 Å². The second kappa shape index (κ2) is 8.78. The van der Waals surface area contributed by atoms with Crippen LogP contribution in [0.1, 0.15) is 22.7 Å². The molecule has 5 nitrogen and oxygen atoms in total. The van der Waals surface area contributed by atoms with Crippen molar-refractivity contribution >= 4 is 29.1 Å². The Labute approximate surface area is 184 Å². The smallest absolute Gasteiger partial charge is 0.244 e. The molecule has 7 heteroatoms. The van der Waals surface area contributed by atoms with Gasteiger partial charge in [0.2, 0.25) is 11.8 Å². The molecule has 0 saturated heterocycles. The largest absolute Gasteiger partial charge is 0.497 e. The Hall–Kier alpha value is -3.38. The van der Waals surface area contributed by atoms with Gasteiger partial charge in [-0.25, -0.2) is 4.39 Å². The predicted molar refractivity (Wildman–Crippen MR) is 117 cm³/mol. The lowest BCUT2D eigenvalue weighted by molar-refractivity contribution is -0.135. The van der Waals surface area contributed by atoms with Crippen LogP contribution < -0.4 is 10.1 Å². The number of nitrogens with one attached hydrogen (secondary N) is 1. The van der Waals surface area contributed by atoms with Crippen LogP contribution >= 0.6 is 11.6 Å². The Balaban J connectivity index is 1.76. The van der Waals surface area contributed by atoms with Crippen LogP contribution in [0.25, 0.3) is 0 Å². The van der Waals surface area contributed by atoms with Crippen molar-refractivity contribution in [3.8, 4) is 5.75 Å². The van der Waals surface area contributed by atoms with E-state index in [4.69, 9.17) is 16.3 Å². The third-order valence-corrected chi connectivity index (χ3v) is 5.46. The fraction of sp³-hybridized carbons (Fsp3) is 0.167. The minimum absolute atomic E-state index is 0.102. The van der Waals surface area contributed by atoms with Gasteiger partial charge in [-0.05, 0) is 53.6 Å². The van der Waals surface area contributed by atoms with Crippen LogP contribution in [0.3, 0.4) is 0 Å². The summed E-state index contributed by atoms with van der Waals surface area (Å²) < 4.78 is 18.7. The maximum absolute atomic E-state index is 13.6. The number of halogens is 2. The van der Waals surface area contributed by atoms with Gasteiger partial charge < -0.3 is 15.0 Å². The van der Waals surface area contributed by atoms with Gasteiger partial charge in [0, 0.05) is 16.3 Å². The number of rotatable bonds is 4. The number of nitrogens with zero attached hydrogens (tertiary/aromatic N) is 1. The lowest BCUT2D eigenvalue weighted by Crippen LogP contribution is -2.39. The first kappa shape index (κ1) is 20.9. The molecule has 0 saturated carbocycles. The number of hydrogen-bond acceptors (Lipinski definition) is 3. The molecule has 0 aromatic heterocycles. The molecule has 0 fully saturated rings. The predicted octanol–water partition coefficient (Wildman–Crippen LogP) is 4.60. The van der Waals surface area contributed by atoms with E-state index in [2.05, 4.69) is 5.32 Å². The molecule has 3 aromatic carbocycles. The molecule has 3 aromatic rings. The van der Waals surface area contributed by atoms with E-state index in [0.717, 1.165) is 5.56 Å². The number of anilines is 1. The van der Waals surface area contributed by atoms with Gasteiger partial charge in [0.25, 0.3) is 0 Å². The van der Waals surface area contributed by atoms with Gasteiger partial charge in [-0.1, -0.05) is 35.9 Å². The Bertz CT molecular complexity index is 1120. The van der Waals surface area contributed by atoms with Crippen LogP contribution in [0.2, 0.25) is 5.02 Å². The maximum atomic E-state index is 13.6. The second-order valence-corrected chi connectivity index (χ2v) is 7.72. The van der Waals surface area contributed by atoms with E-state index in [1.54, 1.807) is 49.6 Å². The van der Waals surface area contributed by atoms with Gasteiger partial charge in [0.05, 0.1) is 19.6 Å². The zero-order valence-corrected chi connectivity index (χ0v) is 17.5. The zero-order valence-electron chi connectivity index (χ0n) is 16.8. The van der Waals surface area contributed by atoms with Gasteiger partial charge in [0.15, 0.2) is 0 Å². The van der Waals surface area contributed by atoms with Gasteiger partial charge in [0.1, 0.15) is 18.1 Å². The summed E-state index contributed by atoms with van der Waals surface area (Å²) >= 11 is 6.24. The molecule has 31 heavy (non-hydrogen) atoms. The quantitative estimate of drug-likeness (QED) is 0.647. The molecule has 0 aliphatic carbocycles. The molecule has 1 aliphatic heterocycles. The number of benzene rings is 3. The van der Waals surface area contributed by atoms with E-state index in [-0.39, 0.29) is 30.6 Å². The molecule has 4 rings (SSSR count). The van der Waals surface area contributed by atoms with Crippen molar-refractivity contribution in [2.45, 2.75) is 12.5 Å². The molecular weight excluding hydrogens is 419 g/mol. The average molecular weight is 439 g/mol. The number of carbonyl (C=O) groups excluding carboxylic acids is 2. The van der Waals surface area contributed by atoms with Crippen molar-refractivity contribution < 1.29 is 18.7 Å². The zero-order chi connectivity index (χ0) is 22.0. The van der Waals surface area contributed by atoms with Crippen molar-refractivity contribution in [3.05, 3.63) is 94.3 Å². The normalized spacial score (nSPS) is 15.6. The Morgan fingerprint density at radius 3 is 2.52 bits per heavy atom. The summed E-state index contributed by atoms with van der Waals surface area (Å²) in [4.78, 5) is 27.5. The standard InChI is InChI=1S/C24H20ClFN2O3/c1-31-19-9-2-15(3-10-19)12-23(30)28-14-22(29)27-21-11-6-17(25)13-20(21)24(28)16-4-7-18(26)8-5-16/h2-11,13,24H,12,14H2,1H3,(H,27,29)/t24-/m0/s1. The topological polar surface area (TPSA) is 58.6 Å². The summed E-state index contributed by atoms with van der Waals surface area (Å²) in [5.74, 6) is -0.231. The molecule has 0 spiro atoms.